The van der Waals surface area contributed by atoms with Crippen molar-refractivity contribution in [3.8, 4) is 0 Å². The molecule has 0 radical (unpaired) electrons. The molecule has 340 valence electrons. The highest BCUT2D eigenvalue weighted by Gasteiger charge is 2.63. The number of carbonyl (C=O) groups excluding carboxylic acids is 5. The summed E-state index contributed by atoms with van der Waals surface area (Å²) in [5.41, 5.74) is 1.69. The first-order valence-electron chi connectivity index (χ1n) is 20.5. The minimum absolute atomic E-state index is 0.214. The molecule has 18 heteroatoms. The Bertz CT molecular complexity index is 1850. The van der Waals surface area contributed by atoms with Crippen molar-refractivity contribution in [2.45, 2.75) is 153 Å². The first-order chi connectivity index (χ1) is 29.3. The van der Waals surface area contributed by atoms with E-state index >= 15 is 0 Å². The molecule has 11 atom stereocenters. The van der Waals surface area contributed by atoms with E-state index in [4.69, 9.17) is 56.8 Å². The Kier molecular flexibility index (Phi) is 14.7. The molecule has 0 N–H and O–H groups in total. The van der Waals surface area contributed by atoms with Gasteiger partial charge in [0.05, 0.1) is 26.2 Å². The second-order valence-electron chi connectivity index (χ2n) is 16.6. The number of hydrogen-bond donors (Lipinski definition) is 0. The summed E-state index contributed by atoms with van der Waals surface area (Å²) in [6, 6.07) is 17.7. The molecule has 18 nitrogen and oxygen atoms in total. The van der Waals surface area contributed by atoms with E-state index in [1.54, 1.807) is 27.7 Å². The van der Waals surface area contributed by atoms with Crippen molar-refractivity contribution in [1.29, 1.82) is 0 Å². The summed E-state index contributed by atoms with van der Waals surface area (Å²) in [6.07, 6.45) is -10.4. The lowest BCUT2D eigenvalue weighted by Gasteiger charge is -2.52. The summed E-state index contributed by atoms with van der Waals surface area (Å²) in [4.78, 5) is 67.5. The molecule has 4 aliphatic heterocycles. The number of hydrogen-bond acceptors (Lipinski definition) is 18. The van der Waals surface area contributed by atoms with Gasteiger partial charge in [-0.05, 0) is 38.8 Å². The highest BCUT2D eigenvalue weighted by molar-refractivity contribution is 5.78. The zero-order chi connectivity index (χ0) is 45.0. The summed E-state index contributed by atoms with van der Waals surface area (Å²) in [7, 11) is 1.13. The van der Waals surface area contributed by atoms with Gasteiger partial charge in [0.15, 0.2) is 30.1 Å². The molecule has 0 unspecified atom stereocenters. The molecule has 0 bridgehead atoms. The Balaban J connectivity index is 1.48. The molecule has 0 aromatic heterocycles. The molecule has 4 aliphatic rings. The van der Waals surface area contributed by atoms with E-state index in [0.29, 0.717) is 0 Å². The molecular weight excluding hydrogens is 814 g/mol. The highest BCUT2D eigenvalue weighted by Crippen LogP contribution is 2.46. The monoisotopic (exact) mass is 871 g/mol. The second-order valence-corrected chi connectivity index (χ2v) is 16.6. The van der Waals surface area contributed by atoms with Crippen LogP contribution in [-0.4, -0.2) is 134 Å². The van der Waals surface area contributed by atoms with Crippen molar-refractivity contribution in [3.63, 3.8) is 0 Å². The van der Waals surface area contributed by atoms with Crippen LogP contribution in [0.15, 0.2) is 60.7 Å². The van der Waals surface area contributed by atoms with E-state index in [1.807, 2.05) is 65.6 Å². The van der Waals surface area contributed by atoms with Crippen molar-refractivity contribution in [1.82, 2.24) is 4.90 Å². The van der Waals surface area contributed by atoms with E-state index in [-0.39, 0.29) is 13.1 Å². The molecule has 0 spiro atoms. The van der Waals surface area contributed by atoms with Crippen LogP contribution in [0.3, 0.4) is 0 Å². The van der Waals surface area contributed by atoms with Crippen LogP contribution in [0.2, 0.25) is 0 Å². The molecule has 0 amide bonds. The fraction of sp³-hybridized carbons (Fsp3) is 0.614. The van der Waals surface area contributed by atoms with Crippen LogP contribution >= 0.6 is 0 Å². The van der Waals surface area contributed by atoms with Gasteiger partial charge in [0.25, 0.3) is 5.79 Å². The fourth-order valence-corrected chi connectivity index (χ4v) is 8.50. The number of rotatable bonds is 16. The third-order valence-corrected chi connectivity index (χ3v) is 10.7. The van der Waals surface area contributed by atoms with Crippen molar-refractivity contribution >= 4 is 29.8 Å². The van der Waals surface area contributed by atoms with E-state index in [0.717, 1.165) is 39.0 Å². The minimum Gasteiger partial charge on any atom is -0.465 e. The summed E-state index contributed by atoms with van der Waals surface area (Å²) < 4.78 is 73.2. The maximum Gasteiger partial charge on any atom is 0.366 e. The lowest BCUT2D eigenvalue weighted by atomic mass is 9.86. The van der Waals surface area contributed by atoms with Gasteiger partial charge in [0.1, 0.15) is 43.2 Å². The normalized spacial score (nSPS) is 30.5. The van der Waals surface area contributed by atoms with Crippen LogP contribution in [-0.2, 0) is 93.9 Å². The van der Waals surface area contributed by atoms with E-state index in [2.05, 4.69) is 0 Å². The molecule has 2 aromatic rings. The van der Waals surface area contributed by atoms with Gasteiger partial charge in [-0.1, -0.05) is 60.7 Å². The fourth-order valence-electron chi connectivity index (χ4n) is 8.50. The smallest absolute Gasteiger partial charge is 0.366 e. The number of esters is 5. The first-order valence-corrected chi connectivity index (χ1v) is 20.5. The number of fused-ring (bicyclic) bond motifs is 3. The summed E-state index contributed by atoms with van der Waals surface area (Å²) >= 11 is 0. The van der Waals surface area contributed by atoms with Gasteiger partial charge in [0, 0.05) is 40.8 Å². The van der Waals surface area contributed by atoms with Crippen LogP contribution < -0.4 is 0 Å². The molecule has 6 rings (SSSR count). The van der Waals surface area contributed by atoms with Crippen LogP contribution in [0.4, 0.5) is 0 Å². The van der Waals surface area contributed by atoms with E-state index in [1.165, 1.54) is 6.92 Å². The third-order valence-electron chi connectivity index (χ3n) is 10.7. The summed E-state index contributed by atoms with van der Waals surface area (Å²) in [5.74, 6) is -8.64. The molecule has 0 saturated carbocycles. The standard InChI is InChI=1S/C44H57NO17/c1-25(46)52-23-32(55-27(3)48)35(56-28(4)49)37-34(45(21-29-16-12-10-13-17-29)22-30-18-14-11-15-19-30)31(54-26(2)47)20-44(61-37,41(50)51-9)53-24-33-36-38(59-42(5,6)58-36)39-40(57-33)62-43(7,8)60-39/h10-19,31-40H,20-24H2,1-9H3/t31-,32+,33+,34+,35+,36-,37+,38-,39+,40+,44-/m0/s1. The Labute approximate surface area is 360 Å². The highest BCUT2D eigenvalue weighted by atomic mass is 16.9. The first kappa shape index (κ1) is 47.0. The van der Waals surface area contributed by atoms with Gasteiger partial charge >= 0.3 is 29.8 Å². The molecule has 4 saturated heterocycles. The zero-order valence-corrected chi connectivity index (χ0v) is 36.5. The van der Waals surface area contributed by atoms with Crippen LogP contribution in [0, 0.1) is 0 Å². The SMILES string of the molecule is COC(=O)[C@]1(OC[C@H]2O[C@@H]3OC(C)(C)O[C@@H]3[C@H]3OC(C)(C)O[C@H]32)C[C@H](OC(C)=O)[C@@H](N(Cc2ccccc2)Cc2ccccc2)[C@H]([C@H](OC(C)=O)[C@@H](COC(C)=O)OC(C)=O)O1. The zero-order valence-electron chi connectivity index (χ0n) is 36.5. The van der Waals surface area contributed by atoms with Gasteiger partial charge in [0.2, 0.25) is 0 Å². The average Bonchev–Trinajstić information content (AvgIpc) is 3.70. The lowest BCUT2D eigenvalue weighted by molar-refractivity contribution is -0.335. The van der Waals surface area contributed by atoms with Crippen molar-refractivity contribution < 1.29 is 80.8 Å². The quantitative estimate of drug-likeness (QED) is 0.175. The summed E-state index contributed by atoms with van der Waals surface area (Å²) in [5, 5.41) is 0. The van der Waals surface area contributed by atoms with Gasteiger partial charge in [-0.15, -0.1) is 0 Å². The number of carbonyl (C=O) groups is 5. The Morgan fingerprint density at radius 2 is 1.27 bits per heavy atom. The molecule has 4 fully saturated rings. The minimum atomic E-state index is -2.42. The predicted octanol–water partition coefficient (Wildman–Crippen LogP) is 3.49. The maximum absolute atomic E-state index is 14.4. The van der Waals surface area contributed by atoms with Gasteiger partial charge in [-0.2, -0.15) is 0 Å². The maximum atomic E-state index is 14.4. The van der Waals surface area contributed by atoms with Crippen molar-refractivity contribution in [2.24, 2.45) is 0 Å². The molecule has 2 aromatic carbocycles. The van der Waals surface area contributed by atoms with E-state index < -0.39 is 128 Å². The average molecular weight is 872 g/mol. The van der Waals surface area contributed by atoms with Crippen LogP contribution in [0.5, 0.6) is 0 Å². The molecule has 62 heavy (non-hydrogen) atoms. The van der Waals surface area contributed by atoms with Gasteiger partial charge < -0.3 is 56.8 Å². The lowest BCUT2D eigenvalue weighted by Crippen LogP contribution is -2.69. The molecule has 4 heterocycles. The van der Waals surface area contributed by atoms with Gasteiger partial charge in [-0.25, -0.2) is 4.79 Å². The topological polar surface area (TPSA) is 199 Å². The van der Waals surface area contributed by atoms with E-state index in [9.17, 15) is 24.0 Å². The van der Waals surface area contributed by atoms with Gasteiger partial charge in [-0.3, -0.25) is 24.1 Å². The van der Waals surface area contributed by atoms with Crippen LogP contribution in [0.1, 0.15) is 72.9 Å². The Morgan fingerprint density at radius 1 is 0.710 bits per heavy atom. The number of ether oxygens (including phenoxy) is 12. The second kappa shape index (κ2) is 19.5. The number of methoxy groups -OCH3 is 1. The Morgan fingerprint density at radius 3 is 1.82 bits per heavy atom. The Hall–Kier alpha value is -4.53. The predicted molar refractivity (Wildman–Crippen MR) is 212 cm³/mol. The number of benzene rings is 2. The van der Waals surface area contributed by atoms with Crippen LogP contribution in [0.25, 0.3) is 0 Å². The molecular formula is C44H57NO17. The third kappa shape index (κ3) is 11.3. The number of nitrogens with zero attached hydrogens (tertiary/aromatic N) is 1. The van der Waals surface area contributed by atoms with Crippen molar-refractivity contribution in [2.75, 3.05) is 20.3 Å². The van der Waals surface area contributed by atoms with Crippen molar-refractivity contribution in [3.05, 3.63) is 71.8 Å². The molecule has 0 aliphatic carbocycles. The summed E-state index contributed by atoms with van der Waals surface area (Å²) in [6.45, 7) is 11.0. The largest absolute Gasteiger partial charge is 0.465 e.